The Balaban J connectivity index is 3.08. The van der Waals surface area contributed by atoms with Crippen LogP contribution in [0.3, 0.4) is 0 Å². The summed E-state index contributed by atoms with van der Waals surface area (Å²) in [4.78, 5) is 1.84. The molecule has 0 spiro atoms. The van der Waals surface area contributed by atoms with E-state index in [9.17, 15) is 13.2 Å². The first-order valence-corrected chi connectivity index (χ1v) is 6.70. The Labute approximate surface area is 118 Å². The number of benzene rings is 1. The van der Waals surface area contributed by atoms with E-state index in [-0.39, 0.29) is 11.6 Å². The van der Waals surface area contributed by atoms with E-state index in [1.54, 1.807) is 13.1 Å². The van der Waals surface area contributed by atoms with E-state index in [2.05, 4.69) is 13.8 Å². The number of aliphatic hydroxyl groups is 1. The molecule has 0 fully saturated rings. The Morgan fingerprint density at radius 1 is 1.20 bits per heavy atom. The van der Waals surface area contributed by atoms with Gasteiger partial charge in [-0.15, -0.1) is 0 Å². The quantitative estimate of drug-likeness (QED) is 0.883. The molecule has 1 unspecified atom stereocenters. The molecule has 0 aliphatic rings. The molecule has 0 saturated heterocycles. The molecule has 0 radical (unpaired) electrons. The van der Waals surface area contributed by atoms with E-state index >= 15 is 0 Å². The van der Waals surface area contributed by atoms with Crippen molar-refractivity contribution in [2.24, 2.45) is 5.92 Å². The summed E-state index contributed by atoms with van der Waals surface area (Å²) in [6.07, 6.45) is -3.55. The van der Waals surface area contributed by atoms with Crippen molar-refractivity contribution in [3.05, 3.63) is 29.3 Å². The molecule has 20 heavy (non-hydrogen) atoms. The normalized spacial score (nSPS) is 13.7. The number of anilines is 1. The lowest BCUT2D eigenvalue weighted by Gasteiger charge is -2.29. The molecule has 0 aliphatic carbocycles. The molecule has 2 nitrogen and oxygen atoms in total. The third kappa shape index (κ3) is 4.13. The Kier molecular flexibility index (Phi) is 5.45. The molecule has 1 atom stereocenters. The van der Waals surface area contributed by atoms with Crippen LogP contribution >= 0.6 is 0 Å². The van der Waals surface area contributed by atoms with E-state index in [4.69, 9.17) is 5.11 Å². The minimum atomic E-state index is -4.45. The van der Waals surface area contributed by atoms with E-state index in [0.717, 1.165) is 12.5 Å². The highest BCUT2D eigenvalue weighted by molar-refractivity contribution is 5.52. The van der Waals surface area contributed by atoms with Gasteiger partial charge in [-0.05, 0) is 37.0 Å². The van der Waals surface area contributed by atoms with Crippen molar-refractivity contribution in [2.75, 3.05) is 11.9 Å². The summed E-state index contributed by atoms with van der Waals surface area (Å²) in [5.41, 5.74) is -0.338. The van der Waals surface area contributed by atoms with Crippen LogP contribution in [-0.4, -0.2) is 18.2 Å². The average Bonchev–Trinajstić information content (AvgIpc) is 2.35. The third-order valence-corrected chi connectivity index (χ3v) is 3.45. The molecule has 1 N–H and O–H groups in total. The van der Waals surface area contributed by atoms with Crippen LogP contribution in [0.1, 0.15) is 38.3 Å². The van der Waals surface area contributed by atoms with E-state index < -0.39 is 18.3 Å². The molecule has 1 aromatic rings. The number of rotatable bonds is 5. The maximum atomic E-state index is 13.0. The predicted molar refractivity (Wildman–Crippen MR) is 74.7 cm³/mol. The fraction of sp³-hybridized carbons (Fsp3) is 0.600. The lowest BCUT2D eigenvalue weighted by atomic mass is 10.0. The van der Waals surface area contributed by atoms with Crippen LogP contribution in [0.15, 0.2) is 18.2 Å². The van der Waals surface area contributed by atoms with Gasteiger partial charge in [-0.3, -0.25) is 0 Å². The van der Waals surface area contributed by atoms with Gasteiger partial charge in [-0.1, -0.05) is 19.9 Å². The second-order valence-corrected chi connectivity index (χ2v) is 5.59. The van der Waals surface area contributed by atoms with Crippen molar-refractivity contribution < 1.29 is 18.3 Å². The lowest BCUT2D eigenvalue weighted by molar-refractivity contribution is -0.138. The number of alkyl halides is 3. The van der Waals surface area contributed by atoms with Crippen LogP contribution in [0.4, 0.5) is 18.9 Å². The first-order valence-electron chi connectivity index (χ1n) is 6.70. The Morgan fingerprint density at radius 2 is 1.80 bits per heavy atom. The van der Waals surface area contributed by atoms with Crippen molar-refractivity contribution in [3.63, 3.8) is 0 Å². The highest BCUT2D eigenvalue weighted by Crippen LogP contribution is 2.35. The van der Waals surface area contributed by atoms with Gasteiger partial charge in [-0.2, -0.15) is 13.2 Å². The highest BCUT2D eigenvalue weighted by Gasteiger charge is 2.33. The molecule has 1 aromatic carbocycles. The molecule has 0 aliphatic heterocycles. The number of nitrogens with zero attached hydrogens (tertiary/aromatic N) is 1. The average molecular weight is 289 g/mol. The minimum absolute atomic E-state index is 0.0915. The standard InChI is InChI=1S/C15H22F3NO/c1-10(2)7-11(3)19(4)13-6-5-12(9-20)14(8-13)15(16,17)18/h5-6,8,10-11,20H,7,9H2,1-4H3. The van der Waals surface area contributed by atoms with Crippen molar-refractivity contribution >= 4 is 5.69 Å². The van der Waals surface area contributed by atoms with Gasteiger partial charge in [-0.25, -0.2) is 0 Å². The zero-order valence-electron chi connectivity index (χ0n) is 12.3. The molecular weight excluding hydrogens is 267 g/mol. The first kappa shape index (κ1) is 16.8. The smallest absolute Gasteiger partial charge is 0.392 e. The SMILES string of the molecule is CC(C)CC(C)N(C)c1ccc(CO)c(C(F)(F)F)c1. The van der Waals surface area contributed by atoms with E-state index in [0.29, 0.717) is 11.6 Å². The molecule has 5 heteroatoms. The summed E-state index contributed by atoms with van der Waals surface area (Å²) in [5, 5.41) is 9.03. The number of hydrogen-bond acceptors (Lipinski definition) is 2. The van der Waals surface area contributed by atoms with Crippen LogP contribution in [0.5, 0.6) is 0 Å². The molecule has 0 amide bonds. The second-order valence-electron chi connectivity index (χ2n) is 5.59. The summed E-state index contributed by atoms with van der Waals surface area (Å²) in [6, 6.07) is 4.23. The largest absolute Gasteiger partial charge is 0.416 e. The molecule has 0 bridgehead atoms. The summed E-state index contributed by atoms with van der Waals surface area (Å²) in [6.45, 7) is 5.55. The van der Waals surface area contributed by atoms with Crippen molar-refractivity contribution in [1.29, 1.82) is 0 Å². The monoisotopic (exact) mass is 289 g/mol. The van der Waals surface area contributed by atoms with Crippen molar-refractivity contribution in [1.82, 2.24) is 0 Å². The third-order valence-electron chi connectivity index (χ3n) is 3.45. The van der Waals surface area contributed by atoms with Gasteiger partial charge in [0.2, 0.25) is 0 Å². The van der Waals surface area contributed by atoms with Crippen molar-refractivity contribution in [3.8, 4) is 0 Å². The molecule has 0 aromatic heterocycles. The lowest BCUT2D eigenvalue weighted by Crippen LogP contribution is -2.30. The summed E-state index contributed by atoms with van der Waals surface area (Å²) in [7, 11) is 1.79. The Morgan fingerprint density at radius 3 is 2.25 bits per heavy atom. The molecule has 1 rings (SSSR count). The maximum Gasteiger partial charge on any atom is 0.416 e. The van der Waals surface area contributed by atoms with Gasteiger partial charge in [0, 0.05) is 18.8 Å². The number of halogens is 3. The topological polar surface area (TPSA) is 23.5 Å². The van der Waals surface area contributed by atoms with Gasteiger partial charge in [0.25, 0.3) is 0 Å². The number of hydrogen-bond donors (Lipinski definition) is 1. The van der Waals surface area contributed by atoms with Gasteiger partial charge >= 0.3 is 6.18 Å². The Bertz CT molecular complexity index is 443. The van der Waals surface area contributed by atoms with E-state index in [1.165, 1.54) is 6.07 Å². The van der Waals surface area contributed by atoms with Crippen LogP contribution < -0.4 is 4.90 Å². The molecular formula is C15H22F3NO. The molecule has 0 saturated carbocycles. The summed E-state index contributed by atoms with van der Waals surface area (Å²) in [5.74, 6) is 0.478. The first-order chi connectivity index (χ1) is 9.16. The molecule has 0 heterocycles. The van der Waals surface area contributed by atoms with Gasteiger partial charge < -0.3 is 10.0 Å². The van der Waals surface area contributed by atoms with Crippen LogP contribution in [0.25, 0.3) is 0 Å². The fourth-order valence-electron chi connectivity index (χ4n) is 2.28. The van der Waals surface area contributed by atoms with Gasteiger partial charge in [0.05, 0.1) is 12.2 Å². The zero-order valence-corrected chi connectivity index (χ0v) is 12.3. The minimum Gasteiger partial charge on any atom is -0.392 e. The zero-order chi connectivity index (χ0) is 15.5. The number of aliphatic hydroxyl groups excluding tert-OH is 1. The summed E-state index contributed by atoms with van der Waals surface area (Å²) < 4.78 is 38.9. The van der Waals surface area contributed by atoms with Crippen LogP contribution in [0, 0.1) is 5.92 Å². The van der Waals surface area contributed by atoms with E-state index in [1.807, 2.05) is 11.8 Å². The highest BCUT2D eigenvalue weighted by atomic mass is 19.4. The van der Waals surface area contributed by atoms with Crippen LogP contribution in [-0.2, 0) is 12.8 Å². The molecule has 114 valence electrons. The van der Waals surface area contributed by atoms with Crippen molar-refractivity contribution in [2.45, 2.75) is 46.0 Å². The second kappa shape index (κ2) is 6.48. The Hall–Kier alpha value is -1.23. The van der Waals surface area contributed by atoms with Gasteiger partial charge in [0.1, 0.15) is 0 Å². The predicted octanol–water partition coefficient (Wildman–Crippen LogP) is 4.07. The summed E-state index contributed by atoms with van der Waals surface area (Å²) >= 11 is 0. The van der Waals surface area contributed by atoms with Crippen LogP contribution in [0.2, 0.25) is 0 Å². The fourth-order valence-corrected chi connectivity index (χ4v) is 2.28. The van der Waals surface area contributed by atoms with Gasteiger partial charge in [0.15, 0.2) is 0 Å². The maximum absolute atomic E-state index is 13.0.